The first-order valence-electron chi connectivity index (χ1n) is 5.15. The van der Waals surface area contributed by atoms with E-state index in [0.717, 1.165) is 6.42 Å². The molecule has 0 heterocycles. The molecule has 0 aromatic rings. The minimum Gasteiger partial charge on any atom is -0.359 e. The zero-order valence-corrected chi connectivity index (χ0v) is 10.5. The summed E-state index contributed by atoms with van der Waals surface area (Å²) in [4.78, 5) is 22.1. The molecule has 0 aromatic heterocycles. The second-order valence-electron chi connectivity index (χ2n) is 2.37. The summed E-state index contributed by atoms with van der Waals surface area (Å²) < 4.78 is 0. The lowest BCUT2D eigenvalue weighted by Gasteiger charge is -2.13. The molecule has 2 amide bonds. The number of carbonyl (C=O) groups excluding carboxylic acids is 2. The second kappa shape index (κ2) is 18.6. The summed E-state index contributed by atoms with van der Waals surface area (Å²) in [6.45, 7) is 6.84. The highest BCUT2D eigenvalue weighted by atomic mass is 16.2. The molecule has 0 bridgehead atoms. The van der Waals surface area contributed by atoms with E-state index in [1.165, 1.54) is 14.0 Å². The van der Waals surface area contributed by atoms with Crippen LogP contribution in [0.15, 0.2) is 0 Å². The number of nitrogens with one attached hydrogen (secondary N) is 1. The zero-order valence-electron chi connectivity index (χ0n) is 10.5. The molecule has 0 fully saturated rings. The van der Waals surface area contributed by atoms with Crippen molar-refractivity contribution in [3.8, 4) is 0 Å². The number of carbonyl (C=O) groups is 2. The van der Waals surface area contributed by atoms with E-state index in [1.54, 1.807) is 11.9 Å². The summed E-state index contributed by atoms with van der Waals surface area (Å²) in [5.74, 6) is 0.0519. The highest BCUT2D eigenvalue weighted by Gasteiger charge is 1.99. The molecule has 0 aliphatic rings. The molecule has 3 N–H and O–H groups in total. The van der Waals surface area contributed by atoms with Crippen LogP contribution < -0.4 is 11.1 Å². The van der Waals surface area contributed by atoms with E-state index < -0.39 is 0 Å². The lowest BCUT2D eigenvalue weighted by atomic mass is 10.4. The van der Waals surface area contributed by atoms with E-state index in [1.807, 2.05) is 13.8 Å². The molecule has 0 radical (unpaired) electrons. The van der Waals surface area contributed by atoms with Gasteiger partial charge in [-0.2, -0.15) is 0 Å². The monoisotopic (exact) mass is 219 g/mol. The van der Waals surface area contributed by atoms with Crippen LogP contribution in [0.4, 0.5) is 0 Å². The first kappa shape index (κ1) is 19.5. The molecule has 0 atom stereocenters. The summed E-state index contributed by atoms with van der Waals surface area (Å²) in [6.07, 6.45) is 1.46. The average molecular weight is 219 g/mol. The van der Waals surface area contributed by atoms with Gasteiger partial charge in [0.2, 0.25) is 12.3 Å². The quantitative estimate of drug-likeness (QED) is 0.512. The van der Waals surface area contributed by atoms with E-state index in [9.17, 15) is 9.59 Å². The maximum Gasteiger partial charge on any atom is 0.219 e. The summed E-state index contributed by atoms with van der Waals surface area (Å²) in [6, 6.07) is 0. The molecule has 0 saturated heterocycles. The maximum atomic E-state index is 10.6. The molecule has 0 saturated carbocycles. The summed E-state index contributed by atoms with van der Waals surface area (Å²) in [5, 5.41) is 2.52. The molecular weight excluding hydrogens is 194 g/mol. The van der Waals surface area contributed by atoms with Gasteiger partial charge in [0.15, 0.2) is 0 Å². The van der Waals surface area contributed by atoms with Gasteiger partial charge in [0.1, 0.15) is 0 Å². The third-order valence-electron chi connectivity index (χ3n) is 1.44. The topological polar surface area (TPSA) is 75.4 Å². The predicted molar refractivity (Wildman–Crippen MR) is 63.5 cm³/mol. The van der Waals surface area contributed by atoms with Gasteiger partial charge >= 0.3 is 0 Å². The van der Waals surface area contributed by atoms with Crippen molar-refractivity contribution in [2.45, 2.75) is 27.2 Å². The van der Waals surface area contributed by atoms with Crippen molar-refractivity contribution in [1.82, 2.24) is 10.2 Å². The third kappa shape index (κ3) is 19.3. The molecule has 15 heavy (non-hydrogen) atoms. The van der Waals surface area contributed by atoms with Crippen molar-refractivity contribution >= 4 is 12.3 Å². The van der Waals surface area contributed by atoms with Crippen LogP contribution in [0, 0.1) is 0 Å². The lowest BCUT2D eigenvalue weighted by Crippen LogP contribution is -2.27. The normalized spacial score (nSPS) is 7.33. The second-order valence-corrected chi connectivity index (χ2v) is 2.37. The Bertz CT molecular complexity index is 141. The predicted octanol–water partition coefficient (Wildman–Crippen LogP) is 0.202. The Morgan fingerprint density at radius 3 is 2.20 bits per heavy atom. The summed E-state index contributed by atoms with van der Waals surface area (Å²) in [7, 11) is 3.24. The van der Waals surface area contributed by atoms with Crippen molar-refractivity contribution in [2.24, 2.45) is 5.73 Å². The summed E-state index contributed by atoms with van der Waals surface area (Å²) >= 11 is 0. The smallest absolute Gasteiger partial charge is 0.219 e. The van der Waals surface area contributed by atoms with Gasteiger partial charge in [0, 0.05) is 27.1 Å². The standard InChI is InChI=1S/C7H14N2O2.C2H6.CH5N/c1-7(11)9(2)5-3-4-8-6-10;2*1-2/h6H,3-5H2,1-2H3,(H,8,10);1-2H3;2H2,1H3. The minimum absolute atomic E-state index is 0.0519. The fourth-order valence-corrected chi connectivity index (χ4v) is 0.635. The SMILES string of the molecule is CC.CC(=O)N(C)CCCNC=O.CN. The number of hydrogen-bond acceptors (Lipinski definition) is 3. The molecule has 0 aliphatic carbocycles. The fraction of sp³-hybridized carbons (Fsp3) is 0.800. The van der Waals surface area contributed by atoms with E-state index in [4.69, 9.17) is 0 Å². The van der Waals surface area contributed by atoms with Crippen molar-refractivity contribution in [3.63, 3.8) is 0 Å². The molecular formula is C10H25N3O2. The molecule has 0 rings (SSSR count). The Morgan fingerprint density at radius 2 is 1.87 bits per heavy atom. The van der Waals surface area contributed by atoms with Crippen LogP contribution in [0.3, 0.4) is 0 Å². The van der Waals surface area contributed by atoms with Crippen molar-refractivity contribution in [1.29, 1.82) is 0 Å². The number of rotatable bonds is 5. The Morgan fingerprint density at radius 1 is 1.40 bits per heavy atom. The van der Waals surface area contributed by atoms with Gasteiger partial charge in [-0.15, -0.1) is 0 Å². The van der Waals surface area contributed by atoms with Crippen LogP contribution in [-0.2, 0) is 9.59 Å². The van der Waals surface area contributed by atoms with Crippen LogP contribution in [0.1, 0.15) is 27.2 Å². The van der Waals surface area contributed by atoms with E-state index >= 15 is 0 Å². The van der Waals surface area contributed by atoms with Gasteiger partial charge in [-0.3, -0.25) is 9.59 Å². The van der Waals surface area contributed by atoms with E-state index in [-0.39, 0.29) is 5.91 Å². The van der Waals surface area contributed by atoms with Crippen LogP contribution in [-0.4, -0.2) is 44.4 Å². The summed E-state index contributed by atoms with van der Waals surface area (Å²) in [5.41, 5.74) is 4.50. The van der Waals surface area contributed by atoms with Crippen molar-refractivity contribution in [3.05, 3.63) is 0 Å². The van der Waals surface area contributed by atoms with Crippen LogP contribution >= 0.6 is 0 Å². The largest absolute Gasteiger partial charge is 0.359 e. The van der Waals surface area contributed by atoms with Crippen LogP contribution in [0.25, 0.3) is 0 Å². The first-order valence-corrected chi connectivity index (χ1v) is 5.15. The number of nitrogens with zero attached hydrogens (tertiary/aromatic N) is 1. The molecule has 92 valence electrons. The van der Waals surface area contributed by atoms with Crippen LogP contribution in [0.2, 0.25) is 0 Å². The molecule has 0 spiro atoms. The molecule has 5 nitrogen and oxygen atoms in total. The van der Waals surface area contributed by atoms with Gasteiger partial charge < -0.3 is 16.0 Å². The van der Waals surface area contributed by atoms with E-state index in [2.05, 4.69) is 11.1 Å². The van der Waals surface area contributed by atoms with Gasteiger partial charge in [-0.05, 0) is 13.5 Å². The lowest BCUT2D eigenvalue weighted by molar-refractivity contribution is -0.127. The minimum atomic E-state index is 0.0519. The Labute approximate surface area is 93.0 Å². The van der Waals surface area contributed by atoms with Crippen LogP contribution in [0.5, 0.6) is 0 Å². The van der Waals surface area contributed by atoms with E-state index in [0.29, 0.717) is 19.5 Å². The fourth-order valence-electron chi connectivity index (χ4n) is 0.635. The molecule has 0 aromatic carbocycles. The number of nitrogens with two attached hydrogens (primary N) is 1. The molecule has 0 aliphatic heterocycles. The first-order chi connectivity index (χ1) is 7.18. The highest BCUT2D eigenvalue weighted by molar-refractivity contribution is 5.72. The number of amides is 2. The highest BCUT2D eigenvalue weighted by Crippen LogP contribution is 1.85. The average Bonchev–Trinajstić information content (AvgIpc) is 2.29. The van der Waals surface area contributed by atoms with Gasteiger partial charge in [0.05, 0.1) is 0 Å². The van der Waals surface area contributed by atoms with Gasteiger partial charge in [-0.1, -0.05) is 13.8 Å². The molecule has 0 unspecified atom stereocenters. The zero-order chi connectivity index (χ0) is 12.7. The number of hydrogen-bond donors (Lipinski definition) is 2. The molecule has 5 heteroatoms. The van der Waals surface area contributed by atoms with Gasteiger partial charge in [-0.25, -0.2) is 0 Å². The Hall–Kier alpha value is -1.10. The Balaban J connectivity index is -0.000000318. The van der Waals surface area contributed by atoms with Gasteiger partial charge in [0.25, 0.3) is 0 Å². The van der Waals surface area contributed by atoms with Crippen molar-refractivity contribution < 1.29 is 9.59 Å². The Kier molecular flexibility index (Phi) is 24.2. The van der Waals surface area contributed by atoms with Crippen molar-refractivity contribution in [2.75, 3.05) is 27.2 Å². The maximum absolute atomic E-state index is 10.6. The third-order valence-corrected chi connectivity index (χ3v) is 1.44.